The lowest BCUT2D eigenvalue weighted by Crippen LogP contribution is -2.55. The van der Waals surface area contributed by atoms with Crippen molar-refractivity contribution in [2.75, 3.05) is 32.8 Å². The van der Waals surface area contributed by atoms with Gasteiger partial charge in [-0.1, -0.05) is 13.8 Å². The van der Waals surface area contributed by atoms with Gasteiger partial charge in [0.05, 0.1) is 0 Å². The Morgan fingerprint density at radius 3 is 2.25 bits per heavy atom. The van der Waals surface area contributed by atoms with Gasteiger partial charge in [-0.25, -0.2) is 4.79 Å². The average molecular weight is 340 g/mol. The molecule has 2 N–H and O–H groups in total. The highest BCUT2D eigenvalue weighted by molar-refractivity contribution is 5.74. The molecular formula is C19H37N3O2. The third kappa shape index (κ3) is 5.62. The lowest BCUT2D eigenvalue weighted by atomic mass is 9.79. The summed E-state index contributed by atoms with van der Waals surface area (Å²) in [6, 6.07) is 0.922. The number of nitrogens with one attached hydrogen (secondary N) is 1. The standard InChI is InChI=1S/C19H37N3O2/c1-15(2)17-6-8-18(9-7-17)21-10-12-22(13-11-21)19(24)20-16(3)5-4-14-23/h15-18,23H,4-14H2,1-3H3,(H,20,24). The van der Waals surface area contributed by atoms with Crippen molar-refractivity contribution in [1.82, 2.24) is 15.1 Å². The van der Waals surface area contributed by atoms with Crippen LogP contribution in [0.15, 0.2) is 0 Å². The Hall–Kier alpha value is -0.810. The predicted octanol–water partition coefficient (Wildman–Crippen LogP) is 2.69. The molecule has 2 amide bonds. The van der Waals surface area contributed by atoms with Crippen LogP contribution in [-0.2, 0) is 0 Å². The van der Waals surface area contributed by atoms with Crippen LogP contribution in [0.4, 0.5) is 4.79 Å². The first-order valence-electron chi connectivity index (χ1n) is 9.91. The lowest BCUT2D eigenvalue weighted by molar-refractivity contribution is 0.0753. The minimum Gasteiger partial charge on any atom is -0.396 e. The summed E-state index contributed by atoms with van der Waals surface area (Å²) in [5, 5.41) is 11.9. The molecule has 0 aromatic carbocycles. The van der Waals surface area contributed by atoms with E-state index in [1.165, 1.54) is 25.7 Å². The fourth-order valence-electron chi connectivity index (χ4n) is 4.20. The van der Waals surface area contributed by atoms with E-state index in [0.29, 0.717) is 0 Å². The zero-order valence-corrected chi connectivity index (χ0v) is 15.8. The van der Waals surface area contributed by atoms with Gasteiger partial charge in [0.1, 0.15) is 0 Å². The molecule has 2 aliphatic rings. The van der Waals surface area contributed by atoms with Crippen molar-refractivity contribution in [3.8, 4) is 0 Å². The van der Waals surface area contributed by atoms with E-state index >= 15 is 0 Å². The normalized spacial score (nSPS) is 27.3. The molecule has 2 rings (SSSR count). The lowest BCUT2D eigenvalue weighted by Gasteiger charge is -2.42. The van der Waals surface area contributed by atoms with Gasteiger partial charge in [-0.3, -0.25) is 4.90 Å². The molecule has 1 heterocycles. The first kappa shape index (κ1) is 19.5. The summed E-state index contributed by atoms with van der Waals surface area (Å²) in [5.74, 6) is 1.73. The van der Waals surface area contributed by atoms with Crippen LogP contribution < -0.4 is 5.32 Å². The highest BCUT2D eigenvalue weighted by Crippen LogP contribution is 2.32. The summed E-state index contributed by atoms with van der Waals surface area (Å²) in [6.07, 6.45) is 6.97. The van der Waals surface area contributed by atoms with Gasteiger partial charge in [0, 0.05) is 44.9 Å². The fourth-order valence-corrected chi connectivity index (χ4v) is 4.20. The van der Waals surface area contributed by atoms with Crippen LogP contribution in [0.3, 0.4) is 0 Å². The van der Waals surface area contributed by atoms with Crippen LogP contribution in [0.5, 0.6) is 0 Å². The second-order valence-corrected chi connectivity index (χ2v) is 8.05. The maximum Gasteiger partial charge on any atom is 0.317 e. The molecule has 24 heavy (non-hydrogen) atoms. The predicted molar refractivity (Wildman–Crippen MR) is 98.0 cm³/mol. The fraction of sp³-hybridized carbons (Fsp3) is 0.947. The molecule has 1 unspecified atom stereocenters. The van der Waals surface area contributed by atoms with Crippen LogP contribution in [0.1, 0.15) is 59.3 Å². The molecule has 0 bridgehead atoms. The van der Waals surface area contributed by atoms with Crippen LogP contribution >= 0.6 is 0 Å². The van der Waals surface area contributed by atoms with Crippen LogP contribution in [0, 0.1) is 11.8 Å². The number of hydrogen-bond acceptors (Lipinski definition) is 3. The van der Waals surface area contributed by atoms with Gasteiger partial charge in [-0.15, -0.1) is 0 Å². The molecule has 5 nitrogen and oxygen atoms in total. The van der Waals surface area contributed by atoms with Gasteiger partial charge in [0.25, 0.3) is 0 Å². The maximum absolute atomic E-state index is 12.3. The number of amides is 2. The summed E-state index contributed by atoms with van der Waals surface area (Å²) in [6.45, 7) is 10.6. The SMILES string of the molecule is CC(CCCO)NC(=O)N1CCN(C2CCC(C(C)C)CC2)CC1. The zero-order chi connectivity index (χ0) is 17.5. The molecule has 140 valence electrons. The minimum atomic E-state index is 0.0589. The Balaban J connectivity index is 1.69. The monoisotopic (exact) mass is 339 g/mol. The minimum absolute atomic E-state index is 0.0589. The number of aliphatic hydroxyl groups excluding tert-OH is 1. The van der Waals surface area contributed by atoms with Gasteiger partial charge in [0.2, 0.25) is 0 Å². The first-order chi connectivity index (χ1) is 11.5. The van der Waals surface area contributed by atoms with Crippen molar-refractivity contribution in [1.29, 1.82) is 0 Å². The largest absolute Gasteiger partial charge is 0.396 e. The van der Waals surface area contributed by atoms with Crippen molar-refractivity contribution in [3.05, 3.63) is 0 Å². The highest BCUT2D eigenvalue weighted by atomic mass is 16.3. The molecular weight excluding hydrogens is 302 g/mol. The number of urea groups is 1. The number of carbonyl (C=O) groups excluding carboxylic acids is 1. The molecule has 1 saturated carbocycles. The Bertz CT molecular complexity index is 373. The molecule has 1 saturated heterocycles. The van der Waals surface area contributed by atoms with Crippen LogP contribution in [0.25, 0.3) is 0 Å². The van der Waals surface area contributed by atoms with E-state index in [1.54, 1.807) is 0 Å². The highest BCUT2D eigenvalue weighted by Gasteiger charge is 2.30. The van der Waals surface area contributed by atoms with E-state index in [1.807, 2.05) is 11.8 Å². The second kappa shape index (κ2) is 9.62. The Labute approximate surface area is 147 Å². The van der Waals surface area contributed by atoms with E-state index in [-0.39, 0.29) is 18.7 Å². The molecule has 0 aromatic rings. The molecule has 0 spiro atoms. The summed E-state index contributed by atoms with van der Waals surface area (Å²) in [7, 11) is 0. The summed E-state index contributed by atoms with van der Waals surface area (Å²) >= 11 is 0. The average Bonchev–Trinajstić information content (AvgIpc) is 2.60. The first-order valence-corrected chi connectivity index (χ1v) is 9.91. The quantitative estimate of drug-likeness (QED) is 0.782. The third-order valence-electron chi connectivity index (χ3n) is 5.97. The Morgan fingerprint density at radius 2 is 1.71 bits per heavy atom. The summed E-state index contributed by atoms with van der Waals surface area (Å²) in [4.78, 5) is 16.9. The third-order valence-corrected chi connectivity index (χ3v) is 5.97. The number of aliphatic hydroxyl groups is 1. The van der Waals surface area contributed by atoms with E-state index in [2.05, 4.69) is 24.1 Å². The molecule has 1 aliphatic heterocycles. The van der Waals surface area contributed by atoms with Crippen LogP contribution in [0.2, 0.25) is 0 Å². The maximum atomic E-state index is 12.3. The van der Waals surface area contributed by atoms with Crippen molar-refractivity contribution >= 4 is 6.03 Å². The Kier molecular flexibility index (Phi) is 7.82. The molecule has 1 aliphatic carbocycles. The van der Waals surface area contributed by atoms with E-state index in [4.69, 9.17) is 5.11 Å². The van der Waals surface area contributed by atoms with Gasteiger partial charge in [-0.2, -0.15) is 0 Å². The van der Waals surface area contributed by atoms with Gasteiger partial charge < -0.3 is 15.3 Å². The zero-order valence-electron chi connectivity index (χ0n) is 15.8. The molecule has 0 aromatic heterocycles. The van der Waals surface area contributed by atoms with Gasteiger partial charge in [0.15, 0.2) is 0 Å². The van der Waals surface area contributed by atoms with Crippen molar-refractivity contribution in [3.63, 3.8) is 0 Å². The van der Waals surface area contributed by atoms with Gasteiger partial charge >= 0.3 is 6.03 Å². The van der Waals surface area contributed by atoms with Crippen molar-refractivity contribution < 1.29 is 9.90 Å². The van der Waals surface area contributed by atoms with Crippen LogP contribution in [-0.4, -0.2) is 65.8 Å². The molecule has 1 atom stereocenters. The molecule has 0 radical (unpaired) electrons. The van der Waals surface area contributed by atoms with E-state index in [9.17, 15) is 4.79 Å². The summed E-state index contributed by atoms with van der Waals surface area (Å²) in [5.41, 5.74) is 0. The number of piperazine rings is 1. The number of hydrogen-bond donors (Lipinski definition) is 2. The number of rotatable bonds is 6. The topological polar surface area (TPSA) is 55.8 Å². The number of nitrogens with zero attached hydrogens (tertiary/aromatic N) is 2. The Morgan fingerprint density at radius 1 is 1.08 bits per heavy atom. The smallest absolute Gasteiger partial charge is 0.317 e. The second-order valence-electron chi connectivity index (χ2n) is 8.05. The molecule has 2 fully saturated rings. The van der Waals surface area contributed by atoms with Gasteiger partial charge in [-0.05, 0) is 57.3 Å². The number of carbonyl (C=O) groups is 1. The molecule has 5 heteroatoms. The van der Waals surface area contributed by atoms with Crippen molar-refractivity contribution in [2.45, 2.75) is 71.4 Å². The van der Waals surface area contributed by atoms with Crippen molar-refractivity contribution in [2.24, 2.45) is 11.8 Å². The summed E-state index contributed by atoms with van der Waals surface area (Å²) < 4.78 is 0. The van der Waals surface area contributed by atoms with E-state index in [0.717, 1.165) is 56.9 Å². The van der Waals surface area contributed by atoms with E-state index < -0.39 is 0 Å².